The molecule has 5 nitrogen and oxygen atoms in total. The Balaban J connectivity index is 2.08. The van der Waals surface area contributed by atoms with Gasteiger partial charge in [0.25, 0.3) is 0 Å². The third-order valence-corrected chi connectivity index (χ3v) is 3.24. The molecule has 0 spiro atoms. The molecule has 0 aliphatic carbocycles. The first-order valence-corrected chi connectivity index (χ1v) is 6.86. The molecule has 112 valence electrons. The van der Waals surface area contributed by atoms with Crippen LogP contribution in [0.2, 0.25) is 0 Å². The molecule has 5 heteroatoms. The van der Waals surface area contributed by atoms with Gasteiger partial charge in [0.15, 0.2) is 0 Å². The molecular weight excluding hydrogens is 268 g/mol. The number of rotatable bonds is 6. The summed E-state index contributed by atoms with van der Waals surface area (Å²) in [7, 11) is 0. The molecule has 0 saturated heterocycles. The number of oxazole rings is 1. The lowest BCUT2D eigenvalue weighted by atomic mass is 10.0. The van der Waals surface area contributed by atoms with Crippen molar-refractivity contribution in [2.75, 3.05) is 0 Å². The second-order valence-electron chi connectivity index (χ2n) is 5.70. The standard InChI is InChI=1S/C16H20N2O3/c1-11-13(10-17-16(2,3)9-14(19)20)18-15(21-11)12-7-5-4-6-8-12/h4-8,17H,9-10H2,1-3H3,(H,19,20). The van der Waals surface area contributed by atoms with Crippen LogP contribution in [-0.2, 0) is 11.3 Å². The average molecular weight is 288 g/mol. The molecule has 0 aliphatic heterocycles. The fraction of sp³-hybridized carbons (Fsp3) is 0.375. The van der Waals surface area contributed by atoms with E-state index in [-0.39, 0.29) is 6.42 Å². The van der Waals surface area contributed by atoms with Gasteiger partial charge in [0.1, 0.15) is 5.76 Å². The number of hydrogen-bond donors (Lipinski definition) is 2. The lowest BCUT2D eigenvalue weighted by molar-refractivity contribution is -0.138. The van der Waals surface area contributed by atoms with E-state index < -0.39 is 11.5 Å². The third kappa shape index (κ3) is 4.16. The van der Waals surface area contributed by atoms with Crippen LogP contribution in [0.4, 0.5) is 0 Å². The molecule has 0 bridgehead atoms. The number of carbonyl (C=O) groups is 1. The number of aromatic nitrogens is 1. The van der Waals surface area contributed by atoms with E-state index in [1.165, 1.54) is 0 Å². The van der Waals surface area contributed by atoms with Gasteiger partial charge >= 0.3 is 5.97 Å². The summed E-state index contributed by atoms with van der Waals surface area (Å²) in [4.78, 5) is 15.3. The predicted octanol–water partition coefficient (Wildman–Crippen LogP) is 2.99. The molecule has 0 radical (unpaired) electrons. The van der Waals surface area contributed by atoms with Gasteiger partial charge in [-0.1, -0.05) is 18.2 Å². The molecule has 21 heavy (non-hydrogen) atoms. The van der Waals surface area contributed by atoms with Crippen LogP contribution < -0.4 is 5.32 Å². The zero-order valence-corrected chi connectivity index (χ0v) is 12.5. The number of aliphatic carboxylic acids is 1. The molecule has 2 aromatic rings. The number of aryl methyl sites for hydroxylation is 1. The molecular formula is C16H20N2O3. The maximum Gasteiger partial charge on any atom is 0.305 e. The first kappa shape index (κ1) is 15.3. The zero-order valence-electron chi connectivity index (χ0n) is 12.5. The number of nitrogens with zero attached hydrogens (tertiary/aromatic N) is 1. The lowest BCUT2D eigenvalue weighted by Crippen LogP contribution is -2.40. The van der Waals surface area contributed by atoms with E-state index >= 15 is 0 Å². The van der Waals surface area contributed by atoms with Crippen LogP contribution in [0.5, 0.6) is 0 Å². The number of carboxylic acids is 1. The first-order valence-electron chi connectivity index (χ1n) is 6.86. The quantitative estimate of drug-likeness (QED) is 0.854. The van der Waals surface area contributed by atoms with Crippen molar-refractivity contribution in [2.45, 2.75) is 39.3 Å². The van der Waals surface area contributed by atoms with E-state index in [1.807, 2.05) is 51.1 Å². The minimum absolute atomic E-state index is 0.0510. The highest BCUT2D eigenvalue weighted by molar-refractivity contribution is 5.68. The third-order valence-electron chi connectivity index (χ3n) is 3.24. The van der Waals surface area contributed by atoms with Crippen molar-refractivity contribution in [3.63, 3.8) is 0 Å². The highest BCUT2D eigenvalue weighted by atomic mass is 16.4. The van der Waals surface area contributed by atoms with Crippen LogP contribution in [0.15, 0.2) is 34.7 Å². The summed E-state index contributed by atoms with van der Waals surface area (Å²) in [6.07, 6.45) is 0.0510. The second kappa shape index (κ2) is 6.10. The van der Waals surface area contributed by atoms with Gasteiger partial charge in [-0.05, 0) is 32.9 Å². The van der Waals surface area contributed by atoms with Gasteiger partial charge in [-0.15, -0.1) is 0 Å². The number of hydrogen-bond acceptors (Lipinski definition) is 4. The lowest BCUT2D eigenvalue weighted by Gasteiger charge is -2.23. The number of nitrogens with one attached hydrogen (secondary N) is 1. The molecule has 0 amide bonds. The molecule has 0 fully saturated rings. The van der Waals surface area contributed by atoms with Crippen molar-refractivity contribution in [1.82, 2.24) is 10.3 Å². The van der Waals surface area contributed by atoms with Crippen LogP contribution in [-0.4, -0.2) is 21.6 Å². The normalized spacial score (nSPS) is 11.6. The predicted molar refractivity (Wildman–Crippen MR) is 79.8 cm³/mol. The monoisotopic (exact) mass is 288 g/mol. The van der Waals surface area contributed by atoms with E-state index in [0.717, 1.165) is 17.0 Å². The van der Waals surface area contributed by atoms with E-state index in [4.69, 9.17) is 9.52 Å². The fourth-order valence-electron chi connectivity index (χ4n) is 2.06. The van der Waals surface area contributed by atoms with Gasteiger partial charge in [0.2, 0.25) is 5.89 Å². The van der Waals surface area contributed by atoms with Crippen LogP contribution in [0.1, 0.15) is 31.7 Å². The SMILES string of the molecule is Cc1oc(-c2ccccc2)nc1CNC(C)(C)CC(=O)O. The Labute approximate surface area is 124 Å². The van der Waals surface area contributed by atoms with Crippen LogP contribution in [0.3, 0.4) is 0 Å². The van der Waals surface area contributed by atoms with Crippen LogP contribution >= 0.6 is 0 Å². The fourth-order valence-corrected chi connectivity index (χ4v) is 2.06. The Kier molecular flexibility index (Phi) is 4.43. The molecule has 1 aromatic heterocycles. The second-order valence-corrected chi connectivity index (χ2v) is 5.70. The maximum absolute atomic E-state index is 10.8. The minimum Gasteiger partial charge on any atom is -0.481 e. The number of benzene rings is 1. The van der Waals surface area contributed by atoms with Crippen molar-refractivity contribution in [1.29, 1.82) is 0 Å². The Morgan fingerprint density at radius 3 is 2.62 bits per heavy atom. The van der Waals surface area contributed by atoms with E-state index in [2.05, 4.69) is 10.3 Å². The molecule has 0 saturated carbocycles. The molecule has 1 heterocycles. The summed E-state index contributed by atoms with van der Waals surface area (Å²) in [5, 5.41) is 12.1. The van der Waals surface area contributed by atoms with Gasteiger partial charge in [0.05, 0.1) is 12.1 Å². The Bertz CT molecular complexity index is 618. The topological polar surface area (TPSA) is 75.4 Å². The summed E-state index contributed by atoms with van der Waals surface area (Å²) in [5.41, 5.74) is 1.23. The van der Waals surface area contributed by atoms with Crippen molar-refractivity contribution in [2.24, 2.45) is 0 Å². The average Bonchev–Trinajstić information content (AvgIpc) is 2.78. The molecule has 2 N–H and O–H groups in total. The summed E-state index contributed by atoms with van der Waals surface area (Å²) >= 11 is 0. The largest absolute Gasteiger partial charge is 0.481 e. The molecule has 2 rings (SSSR count). The highest BCUT2D eigenvalue weighted by Gasteiger charge is 2.22. The van der Waals surface area contributed by atoms with Gasteiger partial charge < -0.3 is 14.8 Å². The number of carboxylic acid groups (broad SMARTS) is 1. The van der Waals surface area contributed by atoms with Gasteiger partial charge in [-0.3, -0.25) is 4.79 Å². The van der Waals surface area contributed by atoms with Gasteiger partial charge in [-0.25, -0.2) is 4.98 Å². The molecule has 0 aliphatic rings. The summed E-state index contributed by atoms with van der Waals surface area (Å²) in [6, 6.07) is 9.69. The highest BCUT2D eigenvalue weighted by Crippen LogP contribution is 2.21. The Morgan fingerprint density at radius 1 is 1.33 bits per heavy atom. The van der Waals surface area contributed by atoms with Crippen molar-refractivity contribution in [3.8, 4) is 11.5 Å². The van der Waals surface area contributed by atoms with Crippen molar-refractivity contribution >= 4 is 5.97 Å². The Morgan fingerprint density at radius 2 is 2.00 bits per heavy atom. The van der Waals surface area contributed by atoms with E-state index in [9.17, 15) is 4.79 Å². The van der Waals surface area contributed by atoms with Crippen LogP contribution in [0.25, 0.3) is 11.5 Å². The molecule has 1 aromatic carbocycles. The van der Waals surface area contributed by atoms with Crippen molar-refractivity contribution in [3.05, 3.63) is 41.8 Å². The summed E-state index contributed by atoms with van der Waals surface area (Å²) < 4.78 is 5.68. The summed E-state index contributed by atoms with van der Waals surface area (Å²) in [6.45, 7) is 6.05. The maximum atomic E-state index is 10.8. The smallest absolute Gasteiger partial charge is 0.305 e. The van der Waals surface area contributed by atoms with E-state index in [1.54, 1.807) is 0 Å². The van der Waals surface area contributed by atoms with Crippen molar-refractivity contribution < 1.29 is 14.3 Å². The van der Waals surface area contributed by atoms with E-state index in [0.29, 0.717) is 12.4 Å². The molecule has 0 unspecified atom stereocenters. The minimum atomic E-state index is -0.825. The van der Waals surface area contributed by atoms with Gasteiger partial charge in [0, 0.05) is 17.6 Å². The van der Waals surface area contributed by atoms with Gasteiger partial charge in [-0.2, -0.15) is 0 Å². The summed E-state index contributed by atoms with van der Waals surface area (Å²) in [5.74, 6) is 0.503. The molecule has 0 atom stereocenters. The Hall–Kier alpha value is -2.14. The van der Waals surface area contributed by atoms with Crippen LogP contribution in [0, 0.1) is 6.92 Å². The first-order chi connectivity index (χ1) is 9.87. The zero-order chi connectivity index (χ0) is 15.5.